The van der Waals surface area contributed by atoms with E-state index in [4.69, 9.17) is 20.7 Å². The molecule has 94 valence electrons. The number of rotatable bonds is 8. The third-order valence-electron chi connectivity index (χ3n) is 2.04. The van der Waals surface area contributed by atoms with Gasteiger partial charge in [0.2, 0.25) is 0 Å². The summed E-state index contributed by atoms with van der Waals surface area (Å²) >= 11 is 0. The molecule has 0 saturated heterocycles. The lowest BCUT2D eigenvalue weighted by atomic mass is 9.96. The van der Waals surface area contributed by atoms with Crippen molar-refractivity contribution in [3.05, 3.63) is 0 Å². The van der Waals surface area contributed by atoms with Gasteiger partial charge in [-0.3, -0.25) is 9.59 Å². The Hall–Kier alpha value is -1.21. The average molecular weight is 237 g/mol. The second-order valence-electron chi connectivity index (χ2n) is 3.42. The number of nitrogens with two attached hydrogens (primary N) is 1. The molecule has 0 aromatic rings. The van der Waals surface area contributed by atoms with Crippen molar-refractivity contribution in [3.63, 3.8) is 0 Å². The number of halogens is 1. The molecule has 7 heteroatoms. The Kier molecular flexibility index (Phi) is 6.59. The predicted octanol–water partition coefficient (Wildman–Crippen LogP) is -0.136. The van der Waals surface area contributed by atoms with Crippen molar-refractivity contribution in [2.75, 3.05) is 13.3 Å². The maximum atomic E-state index is 11.8. The molecule has 0 amide bonds. The van der Waals surface area contributed by atoms with Gasteiger partial charge in [-0.2, -0.15) is 0 Å². The molecule has 0 aromatic carbocycles. The number of carbonyl (C=O) groups is 2. The fourth-order valence-electron chi connectivity index (χ4n) is 1.31. The summed E-state index contributed by atoms with van der Waals surface area (Å²) in [4.78, 5) is 21.2. The highest BCUT2D eigenvalue weighted by atomic mass is 19.1. The van der Waals surface area contributed by atoms with Gasteiger partial charge in [0, 0.05) is 6.04 Å². The van der Waals surface area contributed by atoms with Gasteiger partial charge in [0.15, 0.2) is 5.92 Å². The van der Waals surface area contributed by atoms with Crippen LogP contribution in [0.4, 0.5) is 4.39 Å². The van der Waals surface area contributed by atoms with Crippen molar-refractivity contribution in [1.82, 2.24) is 0 Å². The quantitative estimate of drug-likeness (QED) is 0.507. The zero-order valence-electron chi connectivity index (χ0n) is 8.93. The number of alkyl halides is 1. The van der Waals surface area contributed by atoms with Crippen LogP contribution >= 0.6 is 0 Å². The molecule has 0 aliphatic carbocycles. The molecule has 0 aromatic heterocycles. The van der Waals surface area contributed by atoms with E-state index >= 15 is 0 Å². The standard InChI is InChI=1S/C9H16FNO5/c1-5(16-3-2-10)4-6(11)7(8(12)13)9(14)15/h5-7H,2-4,11H2,1H3,(H,12,13)(H,14,15). The summed E-state index contributed by atoms with van der Waals surface area (Å²) in [5.41, 5.74) is 5.46. The van der Waals surface area contributed by atoms with Gasteiger partial charge < -0.3 is 20.7 Å². The molecule has 16 heavy (non-hydrogen) atoms. The Bertz CT molecular complexity index is 234. The van der Waals surface area contributed by atoms with Crippen LogP contribution in [0.5, 0.6) is 0 Å². The molecule has 0 fully saturated rings. The van der Waals surface area contributed by atoms with Crippen LogP contribution in [0.1, 0.15) is 13.3 Å². The van der Waals surface area contributed by atoms with Crippen LogP contribution < -0.4 is 5.73 Å². The van der Waals surface area contributed by atoms with Crippen LogP contribution in [0.3, 0.4) is 0 Å². The van der Waals surface area contributed by atoms with E-state index in [9.17, 15) is 14.0 Å². The normalized spacial score (nSPS) is 14.8. The Morgan fingerprint density at radius 1 is 1.38 bits per heavy atom. The van der Waals surface area contributed by atoms with Crippen LogP contribution in [0.2, 0.25) is 0 Å². The predicted molar refractivity (Wildman–Crippen MR) is 52.7 cm³/mol. The minimum Gasteiger partial charge on any atom is -0.481 e. The first-order valence-electron chi connectivity index (χ1n) is 4.78. The summed E-state index contributed by atoms with van der Waals surface area (Å²) < 4.78 is 16.7. The second-order valence-corrected chi connectivity index (χ2v) is 3.42. The summed E-state index contributed by atoms with van der Waals surface area (Å²) in [6.45, 7) is 0.815. The van der Waals surface area contributed by atoms with Gasteiger partial charge in [0.25, 0.3) is 0 Å². The topological polar surface area (TPSA) is 110 Å². The van der Waals surface area contributed by atoms with Crippen LogP contribution in [-0.2, 0) is 14.3 Å². The molecule has 6 nitrogen and oxygen atoms in total. The molecule has 0 radical (unpaired) electrons. The molecule has 0 aliphatic heterocycles. The van der Waals surface area contributed by atoms with Crippen molar-refractivity contribution in [2.45, 2.75) is 25.5 Å². The lowest BCUT2D eigenvalue weighted by molar-refractivity contribution is -0.155. The van der Waals surface area contributed by atoms with Crippen LogP contribution in [0, 0.1) is 5.92 Å². The molecule has 0 heterocycles. The van der Waals surface area contributed by atoms with E-state index in [-0.39, 0.29) is 13.0 Å². The number of carboxylic acids is 2. The zero-order valence-corrected chi connectivity index (χ0v) is 8.93. The van der Waals surface area contributed by atoms with E-state index in [0.717, 1.165) is 0 Å². The molecule has 2 unspecified atom stereocenters. The number of carboxylic acid groups (broad SMARTS) is 2. The average Bonchev–Trinajstić information content (AvgIpc) is 2.13. The van der Waals surface area contributed by atoms with Crippen molar-refractivity contribution < 1.29 is 28.9 Å². The number of ether oxygens (including phenoxy) is 1. The van der Waals surface area contributed by atoms with E-state index in [1.165, 1.54) is 0 Å². The first kappa shape index (κ1) is 14.8. The van der Waals surface area contributed by atoms with Gasteiger partial charge in [-0.1, -0.05) is 0 Å². The van der Waals surface area contributed by atoms with E-state index in [1.54, 1.807) is 6.92 Å². The summed E-state index contributed by atoms with van der Waals surface area (Å²) in [6, 6.07) is -1.07. The summed E-state index contributed by atoms with van der Waals surface area (Å²) in [5, 5.41) is 17.3. The van der Waals surface area contributed by atoms with Crippen molar-refractivity contribution in [2.24, 2.45) is 11.7 Å². The lowest BCUT2D eigenvalue weighted by Gasteiger charge is -2.20. The maximum absolute atomic E-state index is 11.8. The fourth-order valence-corrected chi connectivity index (χ4v) is 1.31. The molecule has 0 aliphatic rings. The minimum absolute atomic E-state index is 0.0449. The maximum Gasteiger partial charge on any atom is 0.319 e. The molecule has 2 atom stereocenters. The highest BCUT2D eigenvalue weighted by Crippen LogP contribution is 2.10. The van der Waals surface area contributed by atoms with Gasteiger partial charge >= 0.3 is 11.9 Å². The van der Waals surface area contributed by atoms with Gasteiger partial charge in [-0.15, -0.1) is 0 Å². The molecular formula is C9H16FNO5. The van der Waals surface area contributed by atoms with Crippen LogP contribution in [-0.4, -0.2) is 47.6 Å². The monoisotopic (exact) mass is 237 g/mol. The third-order valence-corrected chi connectivity index (χ3v) is 2.04. The van der Waals surface area contributed by atoms with E-state index in [0.29, 0.717) is 0 Å². The van der Waals surface area contributed by atoms with Crippen molar-refractivity contribution in [3.8, 4) is 0 Å². The number of hydrogen-bond donors (Lipinski definition) is 3. The zero-order chi connectivity index (χ0) is 12.7. The number of aliphatic carboxylic acids is 2. The molecule has 0 rings (SSSR count). The Balaban J connectivity index is 4.25. The summed E-state index contributed by atoms with van der Waals surface area (Å²) in [7, 11) is 0. The van der Waals surface area contributed by atoms with Gasteiger partial charge in [-0.05, 0) is 13.3 Å². The first-order chi connectivity index (χ1) is 7.40. The van der Waals surface area contributed by atoms with Gasteiger partial charge in [-0.25, -0.2) is 4.39 Å². The molecule has 4 N–H and O–H groups in total. The van der Waals surface area contributed by atoms with Crippen LogP contribution in [0.15, 0.2) is 0 Å². The highest BCUT2D eigenvalue weighted by Gasteiger charge is 2.33. The van der Waals surface area contributed by atoms with Crippen molar-refractivity contribution >= 4 is 11.9 Å². The van der Waals surface area contributed by atoms with Gasteiger partial charge in [0.1, 0.15) is 6.67 Å². The van der Waals surface area contributed by atoms with Crippen molar-refractivity contribution in [1.29, 1.82) is 0 Å². The smallest absolute Gasteiger partial charge is 0.319 e. The highest BCUT2D eigenvalue weighted by molar-refractivity contribution is 5.93. The minimum atomic E-state index is -1.67. The molecule has 0 saturated carbocycles. The first-order valence-corrected chi connectivity index (χ1v) is 4.78. The van der Waals surface area contributed by atoms with E-state index < -0.39 is 36.7 Å². The fraction of sp³-hybridized carbons (Fsp3) is 0.778. The summed E-state index contributed by atoms with van der Waals surface area (Å²) in [6.07, 6.45) is -0.435. The van der Waals surface area contributed by atoms with E-state index in [2.05, 4.69) is 0 Å². The molecular weight excluding hydrogens is 221 g/mol. The SMILES string of the molecule is CC(CC(N)C(C(=O)O)C(=O)O)OCCF. The largest absolute Gasteiger partial charge is 0.481 e. The van der Waals surface area contributed by atoms with Crippen LogP contribution in [0.25, 0.3) is 0 Å². The Morgan fingerprint density at radius 3 is 2.25 bits per heavy atom. The Morgan fingerprint density at radius 2 is 1.88 bits per heavy atom. The summed E-state index contributed by atoms with van der Waals surface area (Å²) in [5.74, 6) is -4.65. The molecule has 0 spiro atoms. The third kappa shape index (κ3) is 5.04. The number of hydrogen-bond acceptors (Lipinski definition) is 4. The lowest BCUT2D eigenvalue weighted by Crippen LogP contribution is -2.42. The Labute approximate surface area is 92.2 Å². The molecule has 0 bridgehead atoms. The second kappa shape index (κ2) is 7.13. The van der Waals surface area contributed by atoms with Gasteiger partial charge in [0.05, 0.1) is 12.7 Å². The van der Waals surface area contributed by atoms with E-state index in [1.807, 2.05) is 0 Å².